The van der Waals surface area contributed by atoms with Gasteiger partial charge < -0.3 is 10.2 Å². The Labute approximate surface area is 96.8 Å². The van der Waals surface area contributed by atoms with Crippen LogP contribution in [-0.4, -0.2) is 31.4 Å². The number of anilines is 1. The van der Waals surface area contributed by atoms with E-state index in [1.54, 1.807) is 6.08 Å². The van der Waals surface area contributed by atoms with Crippen LogP contribution in [0.4, 0.5) is 5.69 Å². The fourth-order valence-electron chi connectivity index (χ4n) is 1.19. The van der Waals surface area contributed by atoms with E-state index >= 15 is 0 Å². The lowest BCUT2D eigenvalue weighted by atomic mass is 10.2. The zero-order valence-electron chi connectivity index (χ0n) is 10.0. The van der Waals surface area contributed by atoms with Gasteiger partial charge in [0.2, 0.25) is 5.91 Å². The van der Waals surface area contributed by atoms with Crippen molar-refractivity contribution in [2.75, 3.05) is 26.0 Å². The molecule has 0 saturated heterocycles. The molecule has 0 bridgehead atoms. The van der Waals surface area contributed by atoms with Crippen LogP contribution < -0.4 is 5.32 Å². The van der Waals surface area contributed by atoms with Crippen LogP contribution in [0.1, 0.15) is 5.56 Å². The Morgan fingerprint density at radius 2 is 1.94 bits per heavy atom. The van der Waals surface area contributed by atoms with Crippen LogP contribution in [0.3, 0.4) is 0 Å². The van der Waals surface area contributed by atoms with Gasteiger partial charge in [0.15, 0.2) is 0 Å². The van der Waals surface area contributed by atoms with E-state index in [0.717, 1.165) is 12.2 Å². The van der Waals surface area contributed by atoms with Crippen molar-refractivity contribution in [3.8, 4) is 0 Å². The molecule has 0 aliphatic rings. The topological polar surface area (TPSA) is 32.3 Å². The third-order valence-electron chi connectivity index (χ3n) is 2.06. The average Bonchev–Trinajstić information content (AvgIpc) is 2.21. The van der Waals surface area contributed by atoms with Gasteiger partial charge in [-0.05, 0) is 33.2 Å². The first kappa shape index (κ1) is 12.5. The zero-order valence-corrected chi connectivity index (χ0v) is 10.0. The van der Waals surface area contributed by atoms with E-state index in [0.29, 0.717) is 0 Å². The molecule has 3 heteroatoms. The smallest absolute Gasteiger partial charge is 0.248 e. The fourth-order valence-corrected chi connectivity index (χ4v) is 1.19. The van der Waals surface area contributed by atoms with Gasteiger partial charge in [0, 0.05) is 18.3 Å². The van der Waals surface area contributed by atoms with Crippen LogP contribution in [0.5, 0.6) is 0 Å². The van der Waals surface area contributed by atoms with Crippen molar-refractivity contribution in [1.29, 1.82) is 0 Å². The molecule has 86 valence electrons. The lowest BCUT2D eigenvalue weighted by Gasteiger charge is -2.04. The van der Waals surface area contributed by atoms with Crippen molar-refractivity contribution in [2.45, 2.75) is 6.92 Å². The molecule has 1 aromatic rings. The van der Waals surface area contributed by atoms with E-state index in [-0.39, 0.29) is 5.91 Å². The summed E-state index contributed by atoms with van der Waals surface area (Å²) >= 11 is 0. The molecule has 1 aromatic carbocycles. The van der Waals surface area contributed by atoms with Crippen molar-refractivity contribution >= 4 is 11.6 Å². The van der Waals surface area contributed by atoms with Crippen molar-refractivity contribution in [3.05, 3.63) is 42.0 Å². The van der Waals surface area contributed by atoms with Crippen LogP contribution in [-0.2, 0) is 4.79 Å². The minimum atomic E-state index is -0.0919. The van der Waals surface area contributed by atoms with E-state index in [9.17, 15) is 4.79 Å². The molecule has 1 amide bonds. The molecule has 0 aliphatic heterocycles. The Hall–Kier alpha value is -1.61. The molecule has 1 rings (SSSR count). The van der Waals surface area contributed by atoms with Crippen molar-refractivity contribution in [3.63, 3.8) is 0 Å². The molecular formula is C13H18N2O. The summed E-state index contributed by atoms with van der Waals surface area (Å²) in [5.74, 6) is -0.0919. The lowest BCUT2D eigenvalue weighted by molar-refractivity contribution is -0.111. The van der Waals surface area contributed by atoms with Crippen molar-refractivity contribution < 1.29 is 4.79 Å². The minimum absolute atomic E-state index is 0.0919. The Bertz CT molecular complexity index is 366. The maximum absolute atomic E-state index is 11.5. The summed E-state index contributed by atoms with van der Waals surface area (Å²) in [6.07, 6.45) is 3.39. The molecule has 1 N–H and O–H groups in total. The van der Waals surface area contributed by atoms with Crippen molar-refractivity contribution in [1.82, 2.24) is 4.90 Å². The van der Waals surface area contributed by atoms with Crippen LogP contribution in [0.2, 0.25) is 0 Å². The highest BCUT2D eigenvalue weighted by molar-refractivity contribution is 5.99. The molecule has 0 aromatic heterocycles. The number of nitrogens with zero attached hydrogens (tertiary/aromatic N) is 1. The van der Waals surface area contributed by atoms with Gasteiger partial charge in [0.05, 0.1) is 0 Å². The summed E-state index contributed by atoms with van der Waals surface area (Å²) < 4.78 is 0. The van der Waals surface area contributed by atoms with Gasteiger partial charge >= 0.3 is 0 Å². The third-order valence-corrected chi connectivity index (χ3v) is 2.06. The highest BCUT2D eigenvalue weighted by Crippen LogP contribution is 2.08. The molecular weight excluding hydrogens is 200 g/mol. The normalized spacial score (nSPS) is 11.0. The number of rotatable bonds is 4. The highest BCUT2D eigenvalue weighted by Gasteiger charge is 1.96. The number of amides is 1. The monoisotopic (exact) mass is 218 g/mol. The molecule has 0 aliphatic carbocycles. The second-order valence-electron chi connectivity index (χ2n) is 4.02. The predicted octanol–water partition coefficient (Wildman–Crippen LogP) is 2.05. The Balaban J connectivity index is 2.45. The molecule has 16 heavy (non-hydrogen) atoms. The number of aryl methyl sites for hydroxylation is 1. The summed E-state index contributed by atoms with van der Waals surface area (Å²) in [6.45, 7) is 2.78. The molecule has 0 spiro atoms. The quantitative estimate of drug-likeness (QED) is 0.784. The van der Waals surface area contributed by atoms with E-state index in [1.165, 1.54) is 5.56 Å². The summed E-state index contributed by atoms with van der Waals surface area (Å²) in [5, 5.41) is 2.80. The maximum Gasteiger partial charge on any atom is 0.248 e. The van der Waals surface area contributed by atoms with Gasteiger partial charge in [0.1, 0.15) is 0 Å². The lowest BCUT2D eigenvalue weighted by Crippen LogP contribution is -2.12. The number of carbonyl (C=O) groups excluding carboxylic acids is 1. The predicted molar refractivity (Wildman–Crippen MR) is 67.5 cm³/mol. The SMILES string of the molecule is Cc1ccc(NC(=O)C=CCN(C)C)cc1. The van der Waals surface area contributed by atoms with Gasteiger partial charge in [-0.3, -0.25) is 4.79 Å². The van der Waals surface area contributed by atoms with Crippen LogP contribution >= 0.6 is 0 Å². The average molecular weight is 218 g/mol. The summed E-state index contributed by atoms with van der Waals surface area (Å²) in [4.78, 5) is 13.5. The first-order chi connectivity index (χ1) is 7.58. The molecule has 0 saturated carbocycles. The number of likely N-dealkylation sites (N-methyl/N-ethyl adjacent to an activating group) is 1. The van der Waals surface area contributed by atoms with E-state index < -0.39 is 0 Å². The molecule has 0 radical (unpaired) electrons. The molecule has 0 fully saturated rings. The minimum Gasteiger partial charge on any atom is -0.323 e. The Morgan fingerprint density at radius 3 is 2.50 bits per heavy atom. The van der Waals surface area contributed by atoms with Crippen LogP contribution in [0.25, 0.3) is 0 Å². The Kier molecular flexibility index (Phi) is 4.73. The maximum atomic E-state index is 11.5. The molecule has 0 atom stereocenters. The molecule has 0 heterocycles. The zero-order chi connectivity index (χ0) is 12.0. The number of hydrogen-bond acceptors (Lipinski definition) is 2. The number of benzene rings is 1. The van der Waals surface area contributed by atoms with E-state index in [2.05, 4.69) is 5.32 Å². The van der Waals surface area contributed by atoms with Gasteiger partial charge in [-0.25, -0.2) is 0 Å². The van der Waals surface area contributed by atoms with Gasteiger partial charge in [-0.1, -0.05) is 23.8 Å². The highest BCUT2D eigenvalue weighted by atomic mass is 16.1. The van der Waals surface area contributed by atoms with Crippen LogP contribution in [0, 0.1) is 6.92 Å². The Morgan fingerprint density at radius 1 is 1.31 bits per heavy atom. The second kappa shape index (κ2) is 6.08. The largest absolute Gasteiger partial charge is 0.323 e. The van der Waals surface area contributed by atoms with Crippen molar-refractivity contribution in [2.24, 2.45) is 0 Å². The summed E-state index contributed by atoms with van der Waals surface area (Å²) in [5.41, 5.74) is 2.01. The van der Waals surface area contributed by atoms with E-state index in [1.807, 2.05) is 56.3 Å². The second-order valence-corrected chi connectivity index (χ2v) is 4.02. The van der Waals surface area contributed by atoms with Gasteiger partial charge in [-0.2, -0.15) is 0 Å². The molecule has 3 nitrogen and oxygen atoms in total. The van der Waals surface area contributed by atoms with Gasteiger partial charge in [-0.15, -0.1) is 0 Å². The number of hydrogen-bond donors (Lipinski definition) is 1. The fraction of sp³-hybridized carbons (Fsp3) is 0.308. The summed E-state index contributed by atoms with van der Waals surface area (Å²) in [7, 11) is 3.92. The van der Waals surface area contributed by atoms with Gasteiger partial charge in [0.25, 0.3) is 0 Å². The molecule has 0 unspecified atom stereocenters. The van der Waals surface area contributed by atoms with Crippen LogP contribution in [0.15, 0.2) is 36.4 Å². The number of carbonyl (C=O) groups is 1. The third kappa shape index (κ3) is 4.75. The first-order valence-corrected chi connectivity index (χ1v) is 5.27. The summed E-state index contributed by atoms with van der Waals surface area (Å²) in [6, 6.07) is 7.73. The number of nitrogens with one attached hydrogen (secondary N) is 1. The first-order valence-electron chi connectivity index (χ1n) is 5.27. The van der Waals surface area contributed by atoms with E-state index in [4.69, 9.17) is 0 Å². The standard InChI is InChI=1S/C13H18N2O/c1-11-6-8-12(9-7-11)14-13(16)5-4-10-15(2)3/h4-9H,10H2,1-3H3,(H,14,16).